The molecule has 0 unspecified atom stereocenters. The van der Waals surface area contributed by atoms with Crippen molar-refractivity contribution >= 4 is 12.2 Å². The van der Waals surface area contributed by atoms with Gasteiger partial charge < -0.3 is 19.5 Å². The summed E-state index contributed by atoms with van der Waals surface area (Å²) < 4.78 is 34.7. The summed E-state index contributed by atoms with van der Waals surface area (Å²) in [4.78, 5) is 10.7. The summed E-state index contributed by atoms with van der Waals surface area (Å²) in [7, 11) is 1.67. The highest BCUT2D eigenvalue weighted by molar-refractivity contribution is 5.65. The molecule has 0 aliphatic heterocycles. The summed E-state index contributed by atoms with van der Waals surface area (Å²) >= 11 is 0. The van der Waals surface area contributed by atoms with E-state index in [1.54, 1.807) is 19.2 Å². The van der Waals surface area contributed by atoms with Gasteiger partial charge in [-0.3, -0.25) is 4.79 Å². The van der Waals surface area contributed by atoms with Crippen LogP contribution in [-0.2, 0) is 10.3 Å². The van der Waals surface area contributed by atoms with Crippen LogP contribution in [0.5, 0.6) is 11.5 Å². The smallest absolute Gasteiger partial charge is 0.387 e. The molecule has 180 valence electrons. The van der Waals surface area contributed by atoms with Gasteiger partial charge in [0.25, 0.3) is 6.47 Å². The number of hydrogen-bond donors (Lipinski definition) is 1. The number of methoxy groups -OCH3 is 1. The average Bonchev–Trinajstić information content (AvgIpc) is 2.82. The van der Waals surface area contributed by atoms with Gasteiger partial charge in [-0.25, -0.2) is 0 Å². The molecule has 1 aliphatic rings. The van der Waals surface area contributed by atoms with Crippen molar-refractivity contribution in [2.45, 2.75) is 38.3 Å². The lowest BCUT2D eigenvalue weighted by molar-refractivity contribution is -0.122. The Balaban J connectivity index is 0.00000103. The fourth-order valence-corrected chi connectivity index (χ4v) is 4.52. The predicted octanol–water partition coefficient (Wildman–Crippen LogP) is 6.57. The standard InChI is InChI=1S/C26H27F2NO2.CH2O2/c1-3-29(22-11-15-24(16-12-22)31-25(27)28)26(17-4-18-26)21-9-5-19(6-10-21)20-7-13-23(30-2)14-8-20;2-1-3/h5-16,25H,3-4,17-18H2,1-2H3;1H,(H,2,3). The van der Waals surface area contributed by atoms with Crippen LogP contribution in [0.2, 0.25) is 0 Å². The molecule has 3 aromatic carbocycles. The minimum absolute atomic E-state index is 0.0712. The van der Waals surface area contributed by atoms with Gasteiger partial charge in [-0.1, -0.05) is 36.4 Å². The first-order valence-corrected chi connectivity index (χ1v) is 11.1. The molecule has 0 spiro atoms. The van der Waals surface area contributed by atoms with Gasteiger partial charge in [0.2, 0.25) is 0 Å². The van der Waals surface area contributed by atoms with E-state index < -0.39 is 6.61 Å². The highest BCUT2D eigenvalue weighted by Gasteiger charge is 2.43. The zero-order valence-electron chi connectivity index (χ0n) is 19.3. The topological polar surface area (TPSA) is 59.0 Å². The van der Waals surface area contributed by atoms with Crippen molar-refractivity contribution in [3.8, 4) is 22.6 Å². The van der Waals surface area contributed by atoms with E-state index >= 15 is 0 Å². The number of carboxylic acid groups (broad SMARTS) is 1. The lowest BCUT2D eigenvalue weighted by Gasteiger charge is -2.52. The summed E-state index contributed by atoms with van der Waals surface area (Å²) in [5, 5.41) is 6.89. The van der Waals surface area contributed by atoms with Crippen LogP contribution in [-0.4, -0.2) is 31.8 Å². The van der Waals surface area contributed by atoms with Crippen LogP contribution in [0.3, 0.4) is 0 Å². The van der Waals surface area contributed by atoms with Crippen molar-refractivity contribution in [2.24, 2.45) is 0 Å². The van der Waals surface area contributed by atoms with Crippen molar-refractivity contribution < 1.29 is 28.2 Å². The van der Waals surface area contributed by atoms with Gasteiger partial charge >= 0.3 is 6.61 Å². The summed E-state index contributed by atoms with van der Waals surface area (Å²) in [6, 6.07) is 23.8. The molecule has 1 aliphatic carbocycles. The Morgan fingerprint density at radius 1 is 0.941 bits per heavy atom. The molecular weight excluding hydrogens is 440 g/mol. The fraction of sp³-hybridized carbons (Fsp3) is 0.296. The summed E-state index contributed by atoms with van der Waals surface area (Å²) in [5.74, 6) is 1.03. The summed E-state index contributed by atoms with van der Waals surface area (Å²) in [6.45, 7) is -0.0969. The van der Waals surface area contributed by atoms with Crippen LogP contribution < -0.4 is 14.4 Å². The first kappa shape index (κ1) is 25.0. The number of ether oxygens (including phenoxy) is 2. The third-order valence-electron chi connectivity index (χ3n) is 6.23. The molecule has 5 nitrogen and oxygen atoms in total. The number of benzene rings is 3. The molecule has 1 N–H and O–H groups in total. The van der Waals surface area contributed by atoms with Gasteiger partial charge in [0.1, 0.15) is 11.5 Å². The molecule has 7 heteroatoms. The van der Waals surface area contributed by atoms with E-state index in [0.29, 0.717) is 0 Å². The lowest BCUT2D eigenvalue weighted by atomic mass is 9.70. The Hall–Kier alpha value is -3.61. The fourth-order valence-electron chi connectivity index (χ4n) is 4.52. The summed E-state index contributed by atoms with van der Waals surface area (Å²) in [5.41, 5.74) is 4.54. The predicted molar refractivity (Wildman–Crippen MR) is 129 cm³/mol. The number of anilines is 1. The number of rotatable bonds is 8. The zero-order valence-corrected chi connectivity index (χ0v) is 19.3. The first-order valence-electron chi connectivity index (χ1n) is 11.1. The largest absolute Gasteiger partial charge is 0.497 e. The van der Waals surface area contributed by atoms with Crippen molar-refractivity contribution in [3.05, 3.63) is 78.4 Å². The normalized spacial score (nSPS) is 13.8. The Kier molecular flexibility index (Phi) is 8.46. The Morgan fingerprint density at radius 3 is 1.85 bits per heavy atom. The Bertz CT molecular complexity index is 1030. The van der Waals surface area contributed by atoms with E-state index in [-0.39, 0.29) is 17.8 Å². The molecule has 0 atom stereocenters. The van der Waals surface area contributed by atoms with Gasteiger partial charge in [0, 0.05) is 12.2 Å². The second-order valence-corrected chi connectivity index (χ2v) is 7.91. The Morgan fingerprint density at radius 2 is 1.44 bits per heavy atom. The van der Waals surface area contributed by atoms with Gasteiger partial charge in [-0.15, -0.1) is 0 Å². The quantitative estimate of drug-likeness (QED) is 0.378. The number of hydrogen-bond acceptors (Lipinski definition) is 4. The van der Waals surface area contributed by atoms with Crippen LogP contribution in [0.25, 0.3) is 11.1 Å². The molecule has 4 rings (SSSR count). The minimum atomic E-state index is -2.81. The van der Waals surface area contributed by atoms with E-state index in [1.807, 2.05) is 24.3 Å². The number of halogens is 2. The highest BCUT2D eigenvalue weighted by atomic mass is 19.3. The van der Waals surface area contributed by atoms with E-state index in [4.69, 9.17) is 14.6 Å². The number of nitrogens with zero attached hydrogens (tertiary/aromatic N) is 1. The monoisotopic (exact) mass is 469 g/mol. The van der Waals surface area contributed by atoms with Crippen molar-refractivity contribution in [1.29, 1.82) is 0 Å². The summed E-state index contributed by atoms with van der Waals surface area (Å²) in [6.07, 6.45) is 3.30. The average molecular weight is 470 g/mol. The SMILES string of the molecule is CCN(c1ccc(OC(F)F)cc1)C1(c2ccc(-c3ccc(OC)cc3)cc2)CCC1.O=CO. The highest BCUT2D eigenvalue weighted by Crippen LogP contribution is 2.48. The van der Waals surface area contributed by atoms with Gasteiger partial charge in [-0.2, -0.15) is 8.78 Å². The second-order valence-electron chi connectivity index (χ2n) is 7.91. The van der Waals surface area contributed by atoms with Crippen LogP contribution in [0.15, 0.2) is 72.8 Å². The van der Waals surface area contributed by atoms with E-state index in [9.17, 15) is 8.78 Å². The van der Waals surface area contributed by atoms with Gasteiger partial charge in [0.15, 0.2) is 0 Å². The van der Waals surface area contributed by atoms with Crippen molar-refractivity contribution in [1.82, 2.24) is 0 Å². The molecule has 0 saturated heterocycles. The van der Waals surface area contributed by atoms with E-state index in [0.717, 1.165) is 42.0 Å². The molecule has 0 aromatic heterocycles. The zero-order chi connectivity index (χ0) is 24.6. The molecule has 3 aromatic rings. The third kappa shape index (κ3) is 5.47. The number of alkyl halides is 2. The van der Waals surface area contributed by atoms with Gasteiger partial charge in [0.05, 0.1) is 12.6 Å². The van der Waals surface area contributed by atoms with Crippen molar-refractivity contribution in [3.63, 3.8) is 0 Å². The van der Waals surface area contributed by atoms with Crippen LogP contribution in [0, 0.1) is 0 Å². The second kappa shape index (κ2) is 11.5. The lowest BCUT2D eigenvalue weighted by Crippen LogP contribution is -2.51. The van der Waals surface area contributed by atoms with Crippen molar-refractivity contribution in [2.75, 3.05) is 18.6 Å². The molecule has 34 heavy (non-hydrogen) atoms. The molecule has 0 amide bonds. The molecule has 1 fully saturated rings. The van der Waals surface area contributed by atoms with E-state index in [2.05, 4.69) is 53.0 Å². The molecular formula is C27H29F2NO4. The number of carbonyl (C=O) groups is 1. The van der Waals surface area contributed by atoms with Crippen LogP contribution in [0.4, 0.5) is 14.5 Å². The first-order chi connectivity index (χ1) is 16.5. The third-order valence-corrected chi connectivity index (χ3v) is 6.23. The van der Waals surface area contributed by atoms with Crippen LogP contribution in [0.1, 0.15) is 31.7 Å². The maximum atomic E-state index is 12.5. The molecule has 0 radical (unpaired) electrons. The maximum absolute atomic E-state index is 12.5. The Labute approximate surface area is 198 Å². The maximum Gasteiger partial charge on any atom is 0.387 e. The van der Waals surface area contributed by atoms with Crippen LogP contribution >= 0.6 is 0 Å². The van der Waals surface area contributed by atoms with E-state index in [1.165, 1.54) is 12.0 Å². The minimum Gasteiger partial charge on any atom is -0.497 e. The molecule has 0 heterocycles. The van der Waals surface area contributed by atoms with Gasteiger partial charge in [-0.05, 0) is 79.3 Å². The molecule has 1 saturated carbocycles. The molecule has 0 bridgehead atoms.